The largest absolute Gasteiger partial charge is 0.478 e. The summed E-state index contributed by atoms with van der Waals surface area (Å²) in [6.45, 7) is 0. The Balaban J connectivity index is 2.83. The van der Waals surface area contributed by atoms with Crippen LogP contribution in [0.2, 0.25) is 0 Å². The van der Waals surface area contributed by atoms with Crippen molar-refractivity contribution in [2.75, 3.05) is 0 Å². The van der Waals surface area contributed by atoms with Crippen molar-refractivity contribution in [1.29, 1.82) is 0 Å². The van der Waals surface area contributed by atoms with Crippen LogP contribution in [-0.2, 0) is 9.53 Å². The van der Waals surface area contributed by atoms with Crippen molar-refractivity contribution in [1.82, 2.24) is 0 Å². The average molecular weight is 138 g/mol. The van der Waals surface area contributed by atoms with Crippen LogP contribution in [0.1, 0.15) is 0 Å². The highest BCUT2D eigenvalue weighted by molar-refractivity contribution is 5.90. The maximum absolute atomic E-state index is 10.3. The molecule has 0 aliphatic carbocycles. The molecule has 1 aliphatic rings. The second-order valence-electron chi connectivity index (χ2n) is 1.69. The lowest BCUT2D eigenvalue weighted by Crippen LogP contribution is -1.96. The zero-order valence-electron chi connectivity index (χ0n) is 5.15. The summed E-state index contributed by atoms with van der Waals surface area (Å²) in [5.74, 6) is -0.952. The molecule has 0 saturated heterocycles. The quantitative estimate of drug-likeness (QED) is 0.589. The van der Waals surface area contributed by atoms with Crippen LogP contribution in [0.15, 0.2) is 36.3 Å². The zero-order chi connectivity index (χ0) is 7.40. The van der Waals surface area contributed by atoms with E-state index in [0.29, 0.717) is 0 Å². The normalized spacial score (nSPS) is 15.4. The molecule has 52 valence electrons. The van der Waals surface area contributed by atoms with E-state index in [1.807, 2.05) is 0 Å². The van der Waals surface area contributed by atoms with Crippen LogP contribution in [-0.4, -0.2) is 11.1 Å². The van der Waals surface area contributed by atoms with E-state index in [4.69, 9.17) is 9.84 Å². The van der Waals surface area contributed by atoms with Gasteiger partial charge in [0.15, 0.2) is 0 Å². The van der Waals surface area contributed by atoms with Gasteiger partial charge >= 0.3 is 5.97 Å². The Morgan fingerprint density at radius 3 is 3.00 bits per heavy atom. The van der Waals surface area contributed by atoms with Gasteiger partial charge < -0.3 is 9.84 Å². The third-order valence-corrected chi connectivity index (χ3v) is 1.01. The maximum atomic E-state index is 10.3. The van der Waals surface area contributed by atoms with E-state index in [2.05, 4.69) is 0 Å². The molecule has 1 aliphatic heterocycles. The van der Waals surface area contributed by atoms with Crippen LogP contribution in [0.3, 0.4) is 0 Å². The predicted molar refractivity (Wildman–Crippen MR) is 35.1 cm³/mol. The Kier molecular flexibility index (Phi) is 1.89. The Morgan fingerprint density at radius 1 is 1.50 bits per heavy atom. The highest BCUT2D eigenvalue weighted by Gasteiger charge is 2.01. The standard InChI is InChI=1S/C7H6O3/c8-7(9)6-2-1-4-10-5-3-6/h1-5H,(H,8,9). The second-order valence-corrected chi connectivity index (χ2v) is 1.69. The zero-order valence-corrected chi connectivity index (χ0v) is 5.15. The monoisotopic (exact) mass is 138 g/mol. The van der Waals surface area contributed by atoms with E-state index in [0.717, 1.165) is 0 Å². The highest BCUT2D eigenvalue weighted by Crippen LogP contribution is 2.01. The molecular weight excluding hydrogens is 132 g/mol. The van der Waals surface area contributed by atoms with E-state index in [1.54, 1.807) is 0 Å². The van der Waals surface area contributed by atoms with Crippen molar-refractivity contribution in [3.05, 3.63) is 36.3 Å². The van der Waals surface area contributed by atoms with E-state index in [1.165, 1.54) is 30.8 Å². The first kappa shape index (κ1) is 6.61. The lowest BCUT2D eigenvalue weighted by Gasteiger charge is -1.87. The number of carboxylic acid groups (broad SMARTS) is 1. The molecule has 0 bridgehead atoms. The van der Waals surface area contributed by atoms with Crippen LogP contribution in [0.5, 0.6) is 0 Å². The van der Waals surface area contributed by atoms with Gasteiger partial charge in [-0.25, -0.2) is 4.79 Å². The minimum atomic E-state index is -0.952. The summed E-state index contributed by atoms with van der Waals surface area (Å²) in [6, 6.07) is 0. The number of hydrogen-bond acceptors (Lipinski definition) is 2. The van der Waals surface area contributed by atoms with Crippen molar-refractivity contribution >= 4 is 5.97 Å². The smallest absolute Gasteiger partial charge is 0.335 e. The van der Waals surface area contributed by atoms with Crippen molar-refractivity contribution in [2.24, 2.45) is 0 Å². The van der Waals surface area contributed by atoms with Gasteiger partial charge in [0.05, 0.1) is 18.1 Å². The molecule has 1 rings (SSSR count). The lowest BCUT2D eigenvalue weighted by atomic mass is 10.2. The minimum Gasteiger partial charge on any atom is -0.478 e. The molecule has 0 radical (unpaired) electrons. The van der Waals surface area contributed by atoms with Gasteiger partial charge in [-0.3, -0.25) is 0 Å². The molecule has 0 atom stereocenters. The van der Waals surface area contributed by atoms with E-state index in [-0.39, 0.29) is 5.57 Å². The van der Waals surface area contributed by atoms with Gasteiger partial charge in [0.25, 0.3) is 0 Å². The summed E-state index contributed by atoms with van der Waals surface area (Å²) in [4.78, 5) is 10.3. The lowest BCUT2D eigenvalue weighted by molar-refractivity contribution is -0.132. The first-order valence-corrected chi connectivity index (χ1v) is 2.73. The molecule has 0 fully saturated rings. The fourth-order valence-electron chi connectivity index (χ4n) is 0.544. The first-order valence-electron chi connectivity index (χ1n) is 2.73. The van der Waals surface area contributed by atoms with Crippen LogP contribution in [0.25, 0.3) is 0 Å². The molecule has 0 spiro atoms. The van der Waals surface area contributed by atoms with E-state index < -0.39 is 5.97 Å². The fraction of sp³-hybridized carbons (Fsp3) is 0. The molecule has 3 heteroatoms. The van der Waals surface area contributed by atoms with Crippen LogP contribution < -0.4 is 0 Å². The molecule has 0 aromatic rings. The van der Waals surface area contributed by atoms with Crippen LogP contribution in [0, 0.1) is 0 Å². The van der Waals surface area contributed by atoms with Crippen LogP contribution in [0.4, 0.5) is 0 Å². The van der Waals surface area contributed by atoms with Gasteiger partial charge in [0, 0.05) is 0 Å². The summed E-state index contributed by atoms with van der Waals surface area (Å²) in [6.07, 6.45) is 7.12. The number of rotatable bonds is 1. The minimum absolute atomic E-state index is 0.216. The van der Waals surface area contributed by atoms with Gasteiger partial charge in [-0.05, 0) is 18.2 Å². The van der Waals surface area contributed by atoms with Crippen LogP contribution >= 0.6 is 0 Å². The molecule has 0 aromatic heterocycles. The predicted octanol–water partition coefficient (Wildman–Crippen LogP) is 1.06. The summed E-state index contributed by atoms with van der Waals surface area (Å²) >= 11 is 0. The fourth-order valence-corrected chi connectivity index (χ4v) is 0.544. The van der Waals surface area contributed by atoms with Gasteiger partial charge in [0.1, 0.15) is 0 Å². The first-order chi connectivity index (χ1) is 4.80. The van der Waals surface area contributed by atoms with Gasteiger partial charge in [-0.15, -0.1) is 0 Å². The Morgan fingerprint density at radius 2 is 2.30 bits per heavy atom. The summed E-state index contributed by atoms with van der Waals surface area (Å²) in [5.41, 5.74) is 0.216. The van der Waals surface area contributed by atoms with E-state index in [9.17, 15) is 4.79 Å². The summed E-state index contributed by atoms with van der Waals surface area (Å²) in [7, 11) is 0. The number of aliphatic carboxylic acids is 1. The van der Waals surface area contributed by atoms with Gasteiger partial charge in [-0.1, -0.05) is 0 Å². The Labute approximate surface area is 57.9 Å². The SMILES string of the molecule is O=C(O)C1=CC=COC=C1. The molecule has 1 N–H and O–H groups in total. The molecule has 1 heterocycles. The maximum Gasteiger partial charge on any atom is 0.335 e. The second kappa shape index (κ2) is 2.87. The molecular formula is C7H6O3. The number of carboxylic acids is 1. The number of ether oxygens (including phenoxy) is 1. The molecule has 0 aromatic carbocycles. The average Bonchev–Trinajstić information content (AvgIpc) is 2.12. The number of hydrogen-bond donors (Lipinski definition) is 1. The van der Waals surface area contributed by atoms with Crippen molar-refractivity contribution < 1.29 is 14.6 Å². The molecule has 10 heavy (non-hydrogen) atoms. The summed E-state index contributed by atoms with van der Waals surface area (Å²) in [5, 5.41) is 8.45. The third kappa shape index (κ3) is 1.48. The topological polar surface area (TPSA) is 46.5 Å². The Hall–Kier alpha value is -1.51. The highest BCUT2D eigenvalue weighted by atomic mass is 16.5. The molecule has 0 saturated carbocycles. The number of allylic oxidation sites excluding steroid dienone is 2. The van der Waals surface area contributed by atoms with E-state index >= 15 is 0 Å². The molecule has 0 amide bonds. The number of carbonyl (C=O) groups is 1. The summed E-state index contributed by atoms with van der Waals surface area (Å²) < 4.78 is 4.70. The molecule has 0 unspecified atom stereocenters. The van der Waals surface area contributed by atoms with Crippen molar-refractivity contribution in [3.8, 4) is 0 Å². The molecule has 3 nitrogen and oxygen atoms in total. The Bertz CT molecular complexity index is 223. The third-order valence-electron chi connectivity index (χ3n) is 1.01. The van der Waals surface area contributed by atoms with Gasteiger partial charge in [0.2, 0.25) is 0 Å². The van der Waals surface area contributed by atoms with Crippen molar-refractivity contribution in [3.63, 3.8) is 0 Å². The van der Waals surface area contributed by atoms with Gasteiger partial charge in [-0.2, -0.15) is 0 Å². The van der Waals surface area contributed by atoms with Crippen molar-refractivity contribution in [2.45, 2.75) is 0 Å².